The molecule has 594 valence electrons. The summed E-state index contributed by atoms with van der Waals surface area (Å²) >= 11 is 0. The van der Waals surface area contributed by atoms with Gasteiger partial charge in [0, 0.05) is 82.1 Å². The molecule has 0 radical (unpaired) electrons. The fraction of sp³-hybridized carbons (Fsp3) is 0.567. The second kappa shape index (κ2) is 36.3. The summed E-state index contributed by atoms with van der Waals surface area (Å²) in [4.78, 5) is 53.8. The highest BCUT2D eigenvalue weighted by atomic mass is 32.2. The molecule has 7 aromatic rings. The Morgan fingerprint density at radius 2 is 0.937 bits per heavy atom. The summed E-state index contributed by atoms with van der Waals surface area (Å²) in [5.74, 6) is 0.174. The van der Waals surface area contributed by atoms with Gasteiger partial charge in [0.25, 0.3) is 11.8 Å². The van der Waals surface area contributed by atoms with E-state index < -0.39 is 10.0 Å². The first-order valence-corrected chi connectivity index (χ1v) is 43.6. The van der Waals surface area contributed by atoms with Gasteiger partial charge in [0.2, 0.25) is 10.0 Å². The van der Waals surface area contributed by atoms with E-state index in [4.69, 9.17) is 19.7 Å². The first kappa shape index (κ1) is 79.5. The number of aromatic nitrogens is 6. The quantitative estimate of drug-likeness (QED) is 0.0455. The summed E-state index contributed by atoms with van der Waals surface area (Å²) in [6, 6.07) is 29.9. The van der Waals surface area contributed by atoms with E-state index in [1.807, 2.05) is 87.1 Å². The number of benzene rings is 4. The maximum Gasteiger partial charge on any atom is 0.311 e. The van der Waals surface area contributed by atoms with Crippen LogP contribution in [0, 0.1) is 53.0 Å². The maximum atomic E-state index is 14.1. The van der Waals surface area contributed by atoms with Gasteiger partial charge in [-0.2, -0.15) is 15.3 Å². The summed E-state index contributed by atoms with van der Waals surface area (Å²) in [7, 11) is -1.73. The van der Waals surface area contributed by atoms with Crippen molar-refractivity contribution >= 4 is 39.9 Å². The van der Waals surface area contributed by atoms with Crippen molar-refractivity contribution in [3.05, 3.63) is 199 Å². The molecule has 9 aliphatic carbocycles. The van der Waals surface area contributed by atoms with Crippen LogP contribution >= 0.6 is 0 Å². The zero-order valence-corrected chi connectivity index (χ0v) is 66.2. The topological polar surface area (TPSA) is 210 Å². The van der Waals surface area contributed by atoms with Gasteiger partial charge in [0.15, 0.2) is 11.4 Å². The van der Waals surface area contributed by atoms with E-state index >= 15 is 0 Å². The van der Waals surface area contributed by atoms with Crippen LogP contribution in [0.2, 0.25) is 0 Å². The Hall–Kier alpha value is -8.17. The SMILES string of the molecule is CCOC(=O)[C@@H]1C2CCC(C2)[C@@H]1NC(=O)c1nn(C2CCCCC2)c2c1CCCCC2Cc1ccc(F)cc1.CCOC(=O)[C@@H]1C2CCC(C2)[C@@H]1NC(=O)c1nn(C2CCCCC2)c2c1CCCCC2Cc1cccc(F)c1.C[C@H](NS(=O)(=O)/C=C/c1nn(C)c2c1CCCCC2Cc1cccc(F)c1)c1ccccc1. The van der Waals surface area contributed by atoms with Gasteiger partial charge in [0.05, 0.1) is 42.8 Å². The number of rotatable bonds is 21. The van der Waals surface area contributed by atoms with Crippen LogP contribution in [0.3, 0.4) is 0 Å². The summed E-state index contributed by atoms with van der Waals surface area (Å²) < 4.78 is 86.7. The third-order valence-electron chi connectivity index (χ3n) is 26.2. The number of aryl methyl sites for hydroxylation is 1. The number of esters is 2. The monoisotopic (exact) mass is 1540 g/mol. The maximum absolute atomic E-state index is 14.1. The molecule has 0 saturated heterocycles. The molecule has 21 heteroatoms. The van der Waals surface area contributed by atoms with E-state index in [9.17, 15) is 40.8 Å². The van der Waals surface area contributed by atoms with E-state index in [2.05, 4.69) is 29.8 Å². The Morgan fingerprint density at radius 1 is 0.495 bits per heavy atom. The van der Waals surface area contributed by atoms with Crippen LogP contribution in [0.15, 0.2) is 109 Å². The van der Waals surface area contributed by atoms with E-state index in [-0.39, 0.29) is 88.9 Å². The number of nitrogens with one attached hydrogen (secondary N) is 3. The van der Waals surface area contributed by atoms with E-state index in [1.54, 1.807) is 42.5 Å². The second-order valence-electron chi connectivity index (χ2n) is 33.4. The molecule has 6 fully saturated rings. The number of sulfonamides is 1. The molecule has 3 N–H and O–H groups in total. The highest BCUT2D eigenvalue weighted by molar-refractivity contribution is 7.92. The van der Waals surface area contributed by atoms with Crippen molar-refractivity contribution in [2.24, 2.45) is 42.6 Å². The molecule has 4 bridgehead atoms. The van der Waals surface area contributed by atoms with E-state index in [0.29, 0.717) is 66.1 Å². The number of carbonyl (C=O) groups is 4. The third kappa shape index (κ3) is 18.6. The minimum atomic E-state index is -3.64. The average Bonchev–Trinajstić information content (AvgIpc) is 1.62. The lowest BCUT2D eigenvalue weighted by Gasteiger charge is -2.30. The third-order valence-corrected chi connectivity index (χ3v) is 27.3. The zero-order valence-electron chi connectivity index (χ0n) is 65.4. The number of amides is 2. The minimum absolute atomic E-state index is 0.130. The van der Waals surface area contributed by atoms with Crippen LogP contribution in [0.5, 0.6) is 0 Å². The van der Waals surface area contributed by atoms with Gasteiger partial charge in [-0.25, -0.2) is 26.3 Å². The largest absolute Gasteiger partial charge is 0.466 e. The predicted molar refractivity (Wildman–Crippen MR) is 423 cm³/mol. The lowest BCUT2D eigenvalue weighted by molar-refractivity contribution is -0.151. The Balaban J connectivity index is 0.000000139. The number of carbonyl (C=O) groups excluding carboxylic acids is 4. The van der Waals surface area contributed by atoms with Gasteiger partial charge in [-0.05, 0) is 250 Å². The smallest absolute Gasteiger partial charge is 0.311 e. The lowest BCUT2D eigenvalue weighted by atomic mass is 9.84. The standard InChI is InChI=1S/2C32H42FN3O3.C26H30FN3O2S/c1-2-39-32(38)27-21-15-16-22(19-21)28(27)34-31(37)29-26-14-7-6-10-23(17-20-9-8-11-24(33)18-20)30(26)36(35-29)25-12-4-3-5-13-25;1-2-39-32(38)27-21-14-15-22(19-21)28(27)34-31(37)29-26-11-7-6-8-23(18-20-12-16-24(33)17-13-20)30(26)36(35-29)25-9-4-3-5-10-25;1-19(21-10-4-3-5-11-21)29-33(31,32)16-15-25-24-14-7-6-12-22(26(24)30(2)28-25)17-20-9-8-13-23(27)18-20/h8-9,11,18,21-23,25,27-28H,2-7,10,12-17,19H2,1H3,(H,34,37);12-13,16-17,21-23,25,27-28H,2-11,14-15,18-19H2,1H3,(H,34,37);3-5,8-11,13,15-16,18-19,22,29H,6-7,12,14,17H2,1-2H3/b;;16-15+/t2*21?,22?,23?,27-,28+;19-,22?/m110/s1. The van der Waals surface area contributed by atoms with Crippen LogP contribution < -0.4 is 15.4 Å². The van der Waals surface area contributed by atoms with Gasteiger partial charge >= 0.3 is 11.9 Å². The normalized spacial score (nSPS) is 25.3. The van der Waals surface area contributed by atoms with Crippen molar-refractivity contribution in [3.8, 4) is 0 Å². The van der Waals surface area contributed by atoms with E-state index in [1.165, 1.54) is 67.5 Å². The fourth-order valence-corrected chi connectivity index (χ4v) is 22.1. The predicted octanol–water partition coefficient (Wildman–Crippen LogP) is 17.8. The van der Waals surface area contributed by atoms with Crippen LogP contribution in [0.4, 0.5) is 13.2 Å². The molecule has 6 saturated carbocycles. The van der Waals surface area contributed by atoms with Crippen LogP contribution in [0.25, 0.3) is 6.08 Å². The van der Waals surface area contributed by atoms with Crippen molar-refractivity contribution in [3.63, 3.8) is 0 Å². The summed E-state index contributed by atoms with van der Waals surface area (Å²) in [6.07, 6.45) is 33.6. The molecular formula is C90H114F3N9O8S. The molecule has 7 unspecified atom stereocenters. The van der Waals surface area contributed by atoms with Crippen molar-refractivity contribution in [2.45, 2.75) is 268 Å². The first-order chi connectivity index (χ1) is 53.9. The number of halogens is 3. The second-order valence-corrected chi connectivity index (χ2v) is 35.0. The zero-order chi connectivity index (χ0) is 77.3. The van der Waals surface area contributed by atoms with Gasteiger partial charge in [0.1, 0.15) is 17.5 Å². The Labute approximate surface area is 653 Å². The molecule has 0 spiro atoms. The molecule has 9 aliphatic rings. The van der Waals surface area contributed by atoms with Gasteiger partial charge in [-0.15, -0.1) is 0 Å². The highest BCUT2D eigenvalue weighted by Crippen LogP contribution is 2.51. The van der Waals surface area contributed by atoms with Gasteiger partial charge in [-0.3, -0.25) is 33.2 Å². The molecule has 3 heterocycles. The Bertz CT molecular complexity index is 4520. The summed E-state index contributed by atoms with van der Waals surface area (Å²) in [5, 5.41) is 22.7. The minimum Gasteiger partial charge on any atom is -0.466 e. The first-order valence-electron chi connectivity index (χ1n) is 42.1. The molecule has 111 heavy (non-hydrogen) atoms. The number of hydrogen-bond donors (Lipinski definition) is 3. The molecule has 16 rings (SSSR count). The number of nitrogens with zero attached hydrogens (tertiary/aromatic N) is 6. The molecule has 2 amide bonds. The molecule has 12 atom stereocenters. The molecular weight excluding hydrogens is 1420 g/mol. The highest BCUT2D eigenvalue weighted by Gasteiger charge is 2.54. The van der Waals surface area contributed by atoms with Gasteiger partial charge in [-0.1, -0.05) is 125 Å². The fourth-order valence-electron chi connectivity index (χ4n) is 21.1. The summed E-state index contributed by atoms with van der Waals surface area (Å²) in [5.41, 5.74) is 12.6. The van der Waals surface area contributed by atoms with Gasteiger partial charge < -0.3 is 20.1 Å². The van der Waals surface area contributed by atoms with Crippen molar-refractivity contribution in [1.82, 2.24) is 44.7 Å². The van der Waals surface area contributed by atoms with E-state index in [0.717, 1.165) is 205 Å². The number of hydrogen-bond acceptors (Lipinski definition) is 11. The van der Waals surface area contributed by atoms with Crippen molar-refractivity contribution < 1.29 is 50.2 Å². The van der Waals surface area contributed by atoms with Crippen LogP contribution in [0.1, 0.15) is 300 Å². The summed E-state index contributed by atoms with van der Waals surface area (Å²) in [6.45, 7) is 6.23. The molecule has 0 aliphatic heterocycles. The van der Waals surface area contributed by atoms with Crippen molar-refractivity contribution in [2.75, 3.05) is 13.2 Å². The molecule has 4 aromatic carbocycles. The molecule has 3 aromatic heterocycles. The Kier molecular flexibility index (Phi) is 26.0. The Morgan fingerprint density at radius 3 is 1.41 bits per heavy atom. The van der Waals surface area contributed by atoms with Crippen LogP contribution in [-0.2, 0) is 74.7 Å². The van der Waals surface area contributed by atoms with Crippen molar-refractivity contribution in [1.29, 1.82) is 0 Å². The number of fused-ring (bicyclic) bond motifs is 7. The molecule has 17 nitrogen and oxygen atoms in total. The van der Waals surface area contributed by atoms with Crippen LogP contribution in [-0.4, -0.2) is 86.8 Å². The average molecular weight is 1540 g/mol. The lowest BCUT2D eigenvalue weighted by Crippen LogP contribution is -2.47. The number of ether oxygens (including phenoxy) is 2.